The third-order valence-corrected chi connectivity index (χ3v) is 3.50. The Bertz CT molecular complexity index is 585. The van der Waals surface area contributed by atoms with Gasteiger partial charge in [-0.3, -0.25) is 0 Å². The third-order valence-electron chi connectivity index (χ3n) is 3.50. The van der Waals surface area contributed by atoms with Gasteiger partial charge in [-0.2, -0.15) is 0 Å². The van der Waals surface area contributed by atoms with E-state index < -0.39 is 0 Å². The van der Waals surface area contributed by atoms with Crippen LogP contribution in [0.3, 0.4) is 0 Å². The second-order valence-corrected chi connectivity index (χ2v) is 5.14. The number of morpholine rings is 1. The maximum atomic E-state index is 5.56. The molecule has 0 bridgehead atoms. The number of rotatable bonds is 2. The van der Waals surface area contributed by atoms with Crippen molar-refractivity contribution in [1.82, 2.24) is 5.32 Å². The first-order valence-corrected chi connectivity index (χ1v) is 6.83. The van der Waals surface area contributed by atoms with Gasteiger partial charge in [0.1, 0.15) is 0 Å². The van der Waals surface area contributed by atoms with Crippen molar-refractivity contribution in [2.75, 3.05) is 13.2 Å². The number of ether oxygens (including phenoxy) is 1. The van der Waals surface area contributed by atoms with Crippen LogP contribution < -0.4 is 5.32 Å². The van der Waals surface area contributed by atoms with E-state index in [1.165, 1.54) is 16.3 Å². The van der Waals surface area contributed by atoms with Gasteiger partial charge in [0.05, 0.1) is 13.2 Å². The molecule has 2 unspecified atom stereocenters. The molecule has 19 heavy (non-hydrogen) atoms. The lowest BCUT2D eigenvalue weighted by Gasteiger charge is -2.26. The van der Waals surface area contributed by atoms with Crippen LogP contribution in [-0.2, 0) is 4.74 Å². The molecule has 98 valence electrons. The predicted octanol–water partition coefficient (Wildman–Crippen LogP) is 3.23. The zero-order chi connectivity index (χ0) is 13.1. The molecule has 2 atom stereocenters. The average Bonchev–Trinajstić information content (AvgIpc) is 2.45. The molecule has 1 fully saturated rings. The van der Waals surface area contributed by atoms with E-state index in [1.54, 1.807) is 0 Å². The minimum atomic E-state index is 0.308. The Morgan fingerprint density at radius 2 is 1.95 bits per heavy atom. The quantitative estimate of drug-likeness (QED) is 0.887. The third kappa shape index (κ3) is 2.86. The fourth-order valence-corrected chi connectivity index (χ4v) is 2.56. The van der Waals surface area contributed by atoms with Gasteiger partial charge in [-0.25, -0.2) is 0 Å². The summed E-state index contributed by atoms with van der Waals surface area (Å²) in [6.45, 7) is 3.71. The molecule has 1 saturated heterocycles. The summed E-state index contributed by atoms with van der Waals surface area (Å²) in [5.41, 5.74) is 1.26. The zero-order valence-electron chi connectivity index (χ0n) is 11.2. The molecule has 2 aromatic carbocycles. The van der Waals surface area contributed by atoms with Gasteiger partial charge in [-0.1, -0.05) is 54.6 Å². The van der Waals surface area contributed by atoms with E-state index in [-0.39, 0.29) is 0 Å². The Morgan fingerprint density at radius 1 is 1.11 bits per heavy atom. The minimum Gasteiger partial charge on any atom is -0.378 e. The van der Waals surface area contributed by atoms with Gasteiger partial charge in [-0.05, 0) is 23.3 Å². The molecule has 1 aliphatic rings. The summed E-state index contributed by atoms with van der Waals surface area (Å²) in [7, 11) is 0. The van der Waals surface area contributed by atoms with E-state index in [0.29, 0.717) is 12.1 Å². The molecule has 3 rings (SSSR count). The topological polar surface area (TPSA) is 21.3 Å². The Kier molecular flexibility index (Phi) is 3.62. The highest BCUT2D eigenvalue weighted by molar-refractivity contribution is 5.90. The molecule has 0 aliphatic carbocycles. The van der Waals surface area contributed by atoms with Crippen molar-refractivity contribution in [3.8, 4) is 0 Å². The Balaban J connectivity index is 1.84. The van der Waals surface area contributed by atoms with Crippen LogP contribution in [0.5, 0.6) is 0 Å². The van der Waals surface area contributed by atoms with Gasteiger partial charge in [0.2, 0.25) is 0 Å². The Labute approximate surface area is 114 Å². The van der Waals surface area contributed by atoms with Crippen molar-refractivity contribution >= 4 is 16.8 Å². The molecular weight excluding hydrogens is 234 g/mol. The van der Waals surface area contributed by atoms with Crippen molar-refractivity contribution in [1.29, 1.82) is 0 Å². The number of hydrogen-bond donors (Lipinski definition) is 1. The SMILES string of the molecule is CC1COCC(/C=C/c2cccc3ccccc23)N1. The lowest BCUT2D eigenvalue weighted by Crippen LogP contribution is -2.46. The van der Waals surface area contributed by atoms with Crippen LogP contribution in [0.25, 0.3) is 16.8 Å². The lowest BCUT2D eigenvalue weighted by molar-refractivity contribution is 0.0637. The van der Waals surface area contributed by atoms with Gasteiger partial charge in [0, 0.05) is 12.1 Å². The lowest BCUT2D eigenvalue weighted by atomic mass is 10.0. The van der Waals surface area contributed by atoms with Crippen LogP contribution in [0.4, 0.5) is 0 Å². The molecule has 0 amide bonds. The first-order chi connectivity index (χ1) is 9.33. The Hall–Kier alpha value is -1.64. The van der Waals surface area contributed by atoms with Crippen LogP contribution in [0.2, 0.25) is 0 Å². The fraction of sp³-hybridized carbons (Fsp3) is 0.294. The van der Waals surface area contributed by atoms with Crippen molar-refractivity contribution in [3.63, 3.8) is 0 Å². The van der Waals surface area contributed by atoms with Gasteiger partial charge in [-0.15, -0.1) is 0 Å². The second kappa shape index (κ2) is 5.55. The van der Waals surface area contributed by atoms with E-state index in [0.717, 1.165) is 13.2 Å². The van der Waals surface area contributed by atoms with Crippen LogP contribution >= 0.6 is 0 Å². The maximum Gasteiger partial charge on any atom is 0.0656 e. The van der Waals surface area contributed by atoms with Gasteiger partial charge >= 0.3 is 0 Å². The number of hydrogen-bond acceptors (Lipinski definition) is 2. The molecular formula is C17H19NO. The smallest absolute Gasteiger partial charge is 0.0656 e. The van der Waals surface area contributed by atoms with E-state index in [4.69, 9.17) is 4.74 Å². The predicted molar refractivity (Wildman–Crippen MR) is 80.2 cm³/mol. The van der Waals surface area contributed by atoms with Crippen LogP contribution in [0.15, 0.2) is 48.5 Å². The van der Waals surface area contributed by atoms with E-state index in [1.807, 2.05) is 0 Å². The highest BCUT2D eigenvalue weighted by Gasteiger charge is 2.15. The van der Waals surface area contributed by atoms with Gasteiger partial charge < -0.3 is 10.1 Å². The molecule has 1 heterocycles. The van der Waals surface area contributed by atoms with Gasteiger partial charge in [0.15, 0.2) is 0 Å². The van der Waals surface area contributed by atoms with Crippen LogP contribution in [0, 0.1) is 0 Å². The molecule has 0 saturated carbocycles. The van der Waals surface area contributed by atoms with Gasteiger partial charge in [0.25, 0.3) is 0 Å². The molecule has 2 nitrogen and oxygen atoms in total. The standard InChI is InChI=1S/C17H19NO/c1-13-11-19-12-16(18-13)10-9-15-7-4-6-14-5-2-3-8-17(14)15/h2-10,13,16,18H,11-12H2,1H3/b10-9+. The maximum absolute atomic E-state index is 5.56. The first-order valence-electron chi connectivity index (χ1n) is 6.83. The largest absolute Gasteiger partial charge is 0.378 e. The van der Waals surface area contributed by atoms with Crippen molar-refractivity contribution < 1.29 is 4.74 Å². The summed E-state index contributed by atoms with van der Waals surface area (Å²) < 4.78 is 5.56. The monoisotopic (exact) mass is 253 g/mol. The molecule has 0 spiro atoms. The molecule has 1 N–H and O–H groups in total. The summed E-state index contributed by atoms with van der Waals surface area (Å²) in [5, 5.41) is 6.10. The zero-order valence-corrected chi connectivity index (χ0v) is 11.2. The number of benzene rings is 2. The summed E-state index contributed by atoms with van der Waals surface area (Å²) in [4.78, 5) is 0. The van der Waals surface area contributed by atoms with Crippen molar-refractivity contribution in [3.05, 3.63) is 54.1 Å². The Morgan fingerprint density at radius 3 is 2.84 bits per heavy atom. The molecule has 2 heteroatoms. The summed E-state index contributed by atoms with van der Waals surface area (Å²) in [5.74, 6) is 0. The molecule has 1 aliphatic heterocycles. The highest BCUT2D eigenvalue weighted by Crippen LogP contribution is 2.19. The van der Waals surface area contributed by atoms with Crippen molar-refractivity contribution in [2.45, 2.75) is 19.0 Å². The highest BCUT2D eigenvalue weighted by atomic mass is 16.5. The molecule has 0 aromatic heterocycles. The summed E-state index contributed by atoms with van der Waals surface area (Å²) >= 11 is 0. The van der Waals surface area contributed by atoms with Crippen molar-refractivity contribution in [2.24, 2.45) is 0 Å². The summed E-state index contributed by atoms with van der Waals surface area (Å²) in [6.07, 6.45) is 4.40. The number of fused-ring (bicyclic) bond motifs is 1. The minimum absolute atomic E-state index is 0.308. The van der Waals surface area contributed by atoms with E-state index >= 15 is 0 Å². The first kappa shape index (κ1) is 12.4. The average molecular weight is 253 g/mol. The molecule has 2 aromatic rings. The summed E-state index contributed by atoms with van der Waals surface area (Å²) in [6, 6.07) is 15.6. The number of nitrogens with one attached hydrogen (secondary N) is 1. The molecule has 0 radical (unpaired) electrons. The van der Waals surface area contributed by atoms with E-state index in [9.17, 15) is 0 Å². The second-order valence-electron chi connectivity index (χ2n) is 5.14. The normalized spacial score (nSPS) is 24.1. The van der Waals surface area contributed by atoms with E-state index in [2.05, 4.69) is 66.9 Å². The fourth-order valence-electron chi connectivity index (χ4n) is 2.56. The van der Waals surface area contributed by atoms with Crippen LogP contribution in [0.1, 0.15) is 12.5 Å². The van der Waals surface area contributed by atoms with Crippen LogP contribution in [-0.4, -0.2) is 25.3 Å².